The van der Waals surface area contributed by atoms with Gasteiger partial charge in [0.25, 0.3) is 0 Å². The summed E-state index contributed by atoms with van der Waals surface area (Å²) in [5, 5.41) is 7.07. The molecular formula is C23H35IN4O. The zero-order valence-corrected chi connectivity index (χ0v) is 19.9. The molecule has 0 spiro atoms. The summed E-state index contributed by atoms with van der Waals surface area (Å²) in [7, 11) is 1.83. The molecule has 1 amide bonds. The van der Waals surface area contributed by atoms with E-state index in [0.29, 0.717) is 17.9 Å². The molecule has 2 N–H and O–H groups in total. The highest BCUT2D eigenvalue weighted by Gasteiger charge is 2.32. The van der Waals surface area contributed by atoms with Crippen LogP contribution < -0.4 is 10.6 Å². The number of benzene rings is 1. The maximum atomic E-state index is 12.8. The van der Waals surface area contributed by atoms with Crippen LogP contribution in [0.1, 0.15) is 62.0 Å². The first-order valence-electron chi connectivity index (χ1n) is 11.1. The van der Waals surface area contributed by atoms with Crippen LogP contribution in [0.5, 0.6) is 0 Å². The molecule has 29 heavy (non-hydrogen) atoms. The lowest BCUT2D eigenvalue weighted by atomic mass is 9.88. The molecule has 1 saturated heterocycles. The minimum atomic E-state index is 0. The van der Waals surface area contributed by atoms with Crippen LogP contribution in [0.3, 0.4) is 0 Å². The normalized spacial score (nSPS) is 24.7. The number of hydrogen-bond donors (Lipinski definition) is 2. The predicted octanol–water partition coefficient (Wildman–Crippen LogP) is 3.68. The van der Waals surface area contributed by atoms with Crippen LogP contribution in [0.4, 0.5) is 0 Å². The Bertz CT molecular complexity index is 717. The summed E-state index contributed by atoms with van der Waals surface area (Å²) >= 11 is 0. The third-order valence-corrected chi connectivity index (χ3v) is 6.79. The Morgan fingerprint density at radius 3 is 2.72 bits per heavy atom. The highest BCUT2D eigenvalue weighted by atomic mass is 127. The lowest BCUT2D eigenvalue weighted by molar-refractivity contribution is -0.135. The maximum absolute atomic E-state index is 12.8. The fourth-order valence-electron chi connectivity index (χ4n) is 5.15. The van der Waals surface area contributed by atoms with Crippen molar-refractivity contribution in [3.8, 4) is 0 Å². The van der Waals surface area contributed by atoms with Crippen LogP contribution in [0.25, 0.3) is 0 Å². The van der Waals surface area contributed by atoms with Gasteiger partial charge in [0.1, 0.15) is 0 Å². The number of likely N-dealkylation sites (tertiary alicyclic amines) is 1. The molecule has 3 aliphatic rings. The van der Waals surface area contributed by atoms with Crippen molar-refractivity contribution in [1.29, 1.82) is 0 Å². The number of fused-ring (bicyclic) bond motifs is 1. The monoisotopic (exact) mass is 510 g/mol. The predicted molar refractivity (Wildman–Crippen MR) is 129 cm³/mol. The van der Waals surface area contributed by atoms with Gasteiger partial charge in [-0.3, -0.25) is 9.79 Å². The molecule has 2 atom stereocenters. The fourth-order valence-corrected chi connectivity index (χ4v) is 5.15. The third kappa shape index (κ3) is 5.44. The fraction of sp³-hybridized carbons (Fsp3) is 0.652. The average molecular weight is 510 g/mol. The Balaban J connectivity index is 0.00000240. The third-order valence-electron chi connectivity index (χ3n) is 6.79. The minimum Gasteiger partial charge on any atom is -0.356 e. The van der Waals surface area contributed by atoms with E-state index in [0.717, 1.165) is 44.9 Å². The molecule has 160 valence electrons. The molecule has 1 heterocycles. The molecule has 2 unspecified atom stereocenters. The van der Waals surface area contributed by atoms with Crippen molar-refractivity contribution in [2.45, 2.75) is 63.3 Å². The largest absolute Gasteiger partial charge is 0.356 e. The molecule has 1 aromatic rings. The van der Waals surface area contributed by atoms with Crippen molar-refractivity contribution < 1.29 is 4.79 Å². The lowest BCUT2D eigenvalue weighted by Gasteiger charge is -2.26. The van der Waals surface area contributed by atoms with Gasteiger partial charge in [-0.15, -0.1) is 24.0 Å². The standard InChI is InChI=1S/C23H34N4O.HI/c1-24-23(25-15-19-12-11-17-7-5-6-10-21(17)19)26-20-13-14-27(16-20)22(28)18-8-3-2-4-9-18;/h5-7,10,18-20H,2-4,8-9,11-16H2,1H3,(H2,24,25,26);1H. The Morgan fingerprint density at radius 2 is 1.93 bits per heavy atom. The van der Waals surface area contributed by atoms with Gasteiger partial charge in [-0.05, 0) is 43.2 Å². The van der Waals surface area contributed by atoms with Crippen LogP contribution in [-0.4, -0.2) is 49.5 Å². The Labute approximate surface area is 192 Å². The molecule has 1 aromatic carbocycles. The van der Waals surface area contributed by atoms with Gasteiger partial charge in [0.05, 0.1) is 0 Å². The van der Waals surface area contributed by atoms with Crippen LogP contribution in [0, 0.1) is 5.92 Å². The minimum absolute atomic E-state index is 0. The number of rotatable bonds is 4. The molecule has 0 aromatic heterocycles. The zero-order chi connectivity index (χ0) is 19.3. The number of amides is 1. The first-order chi connectivity index (χ1) is 13.7. The van der Waals surface area contributed by atoms with Gasteiger partial charge in [-0.1, -0.05) is 43.5 Å². The molecule has 4 rings (SSSR count). The second kappa shape index (κ2) is 10.6. The number of carbonyl (C=O) groups excluding carboxylic acids is 1. The van der Waals surface area contributed by atoms with Crippen molar-refractivity contribution >= 4 is 35.8 Å². The average Bonchev–Trinajstić information content (AvgIpc) is 3.38. The summed E-state index contributed by atoms with van der Waals surface area (Å²) in [6, 6.07) is 9.08. The molecule has 5 nitrogen and oxygen atoms in total. The number of carbonyl (C=O) groups is 1. The van der Waals surface area contributed by atoms with Crippen molar-refractivity contribution in [2.75, 3.05) is 26.7 Å². The van der Waals surface area contributed by atoms with Gasteiger partial charge in [-0.2, -0.15) is 0 Å². The van der Waals surface area contributed by atoms with Crippen LogP contribution in [0.15, 0.2) is 29.3 Å². The second-order valence-corrected chi connectivity index (χ2v) is 8.64. The first-order valence-corrected chi connectivity index (χ1v) is 11.1. The van der Waals surface area contributed by atoms with Gasteiger partial charge < -0.3 is 15.5 Å². The van der Waals surface area contributed by atoms with Crippen molar-refractivity contribution in [2.24, 2.45) is 10.9 Å². The molecule has 6 heteroatoms. The van der Waals surface area contributed by atoms with E-state index in [2.05, 4.69) is 44.8 Å². The van der Waals surface area contributed by atoms with Gasteiger partial charge in [0, 0.05) is 44.6 Å². The van der Waals surface area contributed by atoms with Gasteiger partial charge in [0.15, 0.2) is 5.96 Å². The van der Waals surface area contributed by atoms with E-state index in [1.165, 1.54) is 43.2 Å². The summed E-state index contributed by atoms with van der Waals surface area (Å²) in [5.41, 5.74) is 2.97. The zero-order valence-electron chi connectivity index (χ0n) is 17.5. The summed E-state index contributed by atoms with van der Waals surface area (Å²) in [6.45, 7) is 2.59. The van der Waals surface area contributed by atoms with Gasteiger partial charge >= 0.3 is 0 Å². The summed E-state index contributed by atoms with van der Waals surface area (Å²) in [5.74, 6) is 2.07. The number of nitrogens with one attached hydrogen (secondary N) is 2. The highest BCUT2D eigenvalue weighted by Crippen LogP contribution is 2.32. The summed E-state index contributed by atoms with van der Waals surface area (Å²) < 4.78 is 0. The smallest absolute Gasteiger partial charge is 0.225 e. The highest BCUT2D eigenvalue weighted by molar-refractivity contribution is 14.0. The molecular weight excluding hydrogens is 475 g/mol. The van der Waals surface area contributed by atoms with Crippen LogP contribution in [-0.2, 0) is 11.2 Å². The molecule has 0 bridgehead atoms. The van der Waals surface area contributed by atoms with E-state index in [-0.39, 0.29) is 29.9 Å². The quantitative estimate of drug-likeness (QED) is 0.369. The van der Waals surface area contributed by atoms with E-state index in [9.17, 15) is 4.79 Å². The Morgan fingerprint density at radius 1 is 1.14 bits per heavy atom. The molecule has 1 saturated carbocycles. The molecule has 1 aliphatic heterocycles. The van der Waals surface area contributed by atoms with Crippen molar-refractivity contribution in [3.63, 3.8) is 0 Å². The van der Waals surface area contributed by atoms with E-state index >= 15 is 0 Å². The Hall–Kier alpha value is -1.31. The van der Waals surface area contributed by atoms with E-state index in [1.54, 1.807) is 0 Å². The van der Waals surface area contributed by atoms with Gasteiger partial charge in [0.2, 0.25) is 5.91 Å². The van der Waals surface area contributed by atoms with Gasteiger partial charge in [-0.25, -0.2) is 0 Å². The SMILES string of the molecule is CN=C(NCC1CCc2ccccc21)NC1CCN(C(=O)C2CCCCC2)C1.I. The number of guanidine groups is 1. The molecule has 0 radical (unpaired) electrons. The van der Waals surface area contributed by atoms with Crippen LogP contribution >= 0.6 is 24.0 Å². The second-order valence-electron chi connectivity index (χ2n) is 8.64. The first kappa shape index (κ1) is 22.4. The topological polar surface area (TPSA) is 56.7 Å². The van der Waals surface area contributed by atoms with E-state index in [4.69, 9.17) is 0 Å². The molecule has 2 fully saturated rings. The van der Waals surface area contributed by atoms with Crippen LogP contribution in [0.2, 0.25) is 0 Å². The van der Waals surface area contributed by atoms with E-state index < -0.39 is 0 Å². The lowest BCUT2D eigenvalue weighted by Crippen LogP contribution is -2.46. The maximum Gasteiger partial charge on any atom is 0.225 e. The number of hydrogen-bond acceptors (Lipinski definition) is 2. The number of halogens is 1. The summed E-state index contributed by atoms with van der Waals surface area (Å²) in [6.07, 6.45) is 9.28. The number of aryl methyl sites for hydroxylation is 1. The van der Waals surface area contributed by atoms with Crippen molar-refractivity contribution in [3.05, 3.63) is 35.4 Å². The Kier molecular flexibility index (Phi) is 8.21. The number of aliphatic imine (C=N–C) groups is 1. The van der Waals surface area contributed by atoms with Crippen molar-refractivity contribution in [1.82, 2.24) is 15.5 Å². The van der Waals surface area contributed by atoms with E-state index in [1.807, 2.05) is 7.05 Å². The summed E-state index contributed by atoms with van der Waals surface area (Å²) in [4.78, 5) is 19.3. The number of nitrogens with zero attached hydrogens (tertiary/aromatic N) is 2. The molecule has 2 aliphatic carbocycles.